The third kappa shape index (κ3) is 2.73. The predicted molar refractivity (Wildman–Crippen MR) is 65.1 cm³/mol. The van der Waals surface area contributed by atoms with Gasteiger partial charge in [0.15, 0.2) is 0 Å². The zero-order chi connectivity index (χ0) is 10.7. The minimum Gasteiger partial charge on any atom is -0.379 e. The Morgan fingerprint density at radius 2 is 2.33 bits per heavy atom. The van der Waals surface area contributed by atoms with E-state index in [9.17, 15) is 0 Å². The minimum atomic E-state index is 0.710. The molecule has 0 aliphatic rings. The molecule has 5 heteroatoms. The van der Waals surface area contributed by atoms with Crippen molar-refractivity contribution in [1.29, 1.82) is 0 Å². The Kier molecular flexibility index (Phi) is 3.28. The number of hydrogen-bond acceptors (Lipinski definition) is 2. The highest BCUT2D eigenvalue weighted by molar-refractivity contribution is 9.10. The average Bonchev–Trinajstić information content (AvgIpc) is 2.73. The Labute approximate surface area is 101 Å². The van der Waals surface area contributed by atoms with Crippen molar-refractivity contribution in [3.05, 3.63) is 45.9 Å². The summed E-state index contributed by atoms with van der Waals surface area (Å²) in [5.41, 5.74) is 2.06. The summed E-state index contributed by atoms with van der Waals surface area (Å²) in [4.78, 5) is 6.96. The van der Waals surface area contributed by atoms with Gasteiger partial charge in [-0.05, 0) is 34.1 Å². The fourth-order valence-corrected chi connectivity index (χ4v) is 1.68. The van der Waals surface area contributed by atoms with Crippen molar-refractivity contribution in [1.82, 2.24) is 9.97 Å². The van der Waals surface area contributed by atoms with Crippen LogP contribution in [0.2, 0.25) is 5.02 Å². The minimum absolute atomic E-state index is 0.710. The van der Waals surface area contributed by atoms with E-state index < -0.39 is 0 Å². The van der Waals surface area contributed by atoms with E-state index in [1.165, 1.54) is 0 Å². The molecule has 0 saturated heterocycles. The van der Waals surface area contributed by atoms with E-state index in [2.05, 4.69) is 31.2 Å². The van der Waals surface area contributed by atoms with Crippen LogP contribution in [0.1, 0.15) is 5.69 Å². The summed E-state index contributed by atoms with van der Waals surface area (Å²) in [6.45, 7) is 0.716. The maximum atomic E-state index is 5.89. The average molecular weight is 287 g/mol. The van der Waals surface area contributed by atoms with Gasteiger partial charge in [0.2, 0.25) is 0 Å². The summed E-state index contributed by atoms with van der Waals surface area (Å²) in [5, 5.41) is 3.97. The zero-order valence-electron chi connectivity index (χ0n) is 7.80. The lowest BCUT2D eigenvalue weighted by Crippen LogP contribution is -1.99. The van der Waals surface area contributed by atoms with Crippen LogP contribution in [-0.4, -0.2) is 9.97 Å². The molecule has 1 aromatic carbocycles. The molecule has 0 radical (unpaired) electrons. The quantitative estimate of drug-likeness (QED) is 0.907. The first-order valence-electron chi connectivity index (χ1n) is 4.42. The Morgan fingerprint density at radius 1 is 1.47 bits per heavy atom. The molecular formula is C10H9BrClN3. The van der Waals surface area contributed by atoms with Crippen LogP contribution in [0.5, 0.6) is 0 Å². The van der Waals surface area contributed by atoms with Crippen LogP contribution in [0.4, 0.5) is 5.69 Å². The molecule has 1 heterocycles. The molecule has 0 aliphatic carbocycles. The van der Waals surface area contributed by atoms with Crippen LogP contribution in [0.15, 0.2) is 35.2 Å². The number of nitrogens with zero attached hydrogens (tertiary/aromatic N) is 1. The number of anilines is 1. The number of aromatic amines is 1. The van der Waals surface area contributed by atoms with Crippen LogP contribution in [0, 0.1) is 0 Å². The monoisotopic (exact) mass is 285 g/mol. The van der Waals surface area contributed by atoms with Crippen molar-refractivity contribution in [2.45, 2.75) is 6.54 Å². The van der Waals surface area contributed by atoms with Gasteiger partial charge in [-0.2, -0.15) is 0 Å². The van der Waals surface area contributed by atoms with E-state index in [-0.39, 0.29) is 0 Å². The molecular weight excluding hydrogens is 277 g/mol. The van der Waals surface area contributed by atoms with Gasteiger partial charge in [0.05, 0.1) is 23.6 Å². The van der Waals surface area contributed by atoms with Crippen molar-refractivity contribution in [3.63, 3.8) is 0 Å². The van der Waals surface area contributed by atoms with Crippen molar-refractivity contribution < 1.29 is 0 Å². The van der Waals surface area contributed by atoms with Gasteiger partial charge < -0.3 is 10.3 Å². The van der Waals surface area contributed by atoms with E-state index in [4.69, 9.17) is 11.6 Å². The maximum Gasteiger partial charge on any atom is 0.0922 e. The van der Waals surface area contributed by atoms with Crippen molar-refractivity contribution in [3.8, 4) is 0 Å². The molecule has 0 unspecified atom stereocenters. The van der Waals surface area contributed by atoms with Crippen LogP contribution in [0.25, 0.3) is 0 Å². The zero-order valence-corrected chi connectivity index (χ0v) is 10.1. The molecule has 1 aromatic heterocycles. The Morgan fingerprint density at radius 3 is 3.00 bits per heavy atom. The lowest BCUT2D eigenvalue weighted by atomic mass is 10.3. The molecule has 2 N–H and O–H groups in total. The Bertz CT molecular complexity index is 442. The number of halogens is 2. The van der Waals surface area contributed by atoms with E-state index in [0.29, 0.717) is 11.6 Å². The van der Waals surface area contributed by atoms with E-state index >= 15 is 0 Å². The van der Waals surface area contributed by atoms with E-state index in [1.807, 2.05) is 18.2 Å². The smallest absolute Gasteiger partial charge is 0.0922 e. The van der Waals surface area contributed by atoms with Gasteiger partial charge >= 0.3 is 0 Å². The number of rotatable bonds is 3. The fourth-order valence-electron chi connectivity index (χ4n) is 1.18. The first-order chi connectivity index (χ1) is 7.25. The molecule has 15 heavy (non-hydrogen) atoms. The highest BCUT2D eigenvalue weighted by atomic mass is 79.9. The second-order valence-electron chi connectivity index (χ2n) is 3.06. The summed E-state index contributed by atoms with van der Waals surface area (Å²) in [6, 6.07) is 5.73. The largest absolute Gasteiger partial charge is 0.379 e. The van der Waals surface area contributed by atoms with Gasteiger partial charge in [0.1, 0.15) is 0 Å². The van der Waals surface area contributed by atoms with Gasteiger partial charge in [-0.25, -0.2) is 4.98 Å². The summed E-state index contributed by atoms with van der Waals surface area (Å²) in [5.74, 6) is 0. The predicted octanol–water partition coefficient (Wildman–Crippen LogP) is 3.44. The molecule has 0 amide bonds. The van der Waals surface area contributed by atoms with Gasteiger partial charge in [-0.3, -0.25) is 0 Å². The number of H-pyrrole nitrogens is 1. The maximum absolute atomic E-state index is 5.89. The third-order valence-electron chi connectivity index (χ3n) is 1.96. The first-order valence-corrected chi connectivity index (χ1v) is 5.59. The SMILES string of the molecule is Clc1ccc(NCc2cnc[nH]2)cc1Br. The lowest BCUT2D eigenvalue weighted by molar-refractivity contribution is 1.07. The normalized spacial score (nSPS) is 10.3. The third-order valence-corrected chi connectivity index (χ3v) is 3.17. The molecule has 0 atom stereocenters. The summed E-state index contributed by atoms with van der Waals surface area (Å²) >= 11 is 9.26. The summed E-state index contributed by atoms with van der Waals surface area (Å²) < 4.78 is 0.888. The number of imidazole rings is 1. The van der Waals surface area contributed by atoms with E-state index in [1.54, 1.807) is 12.5 Å². The molecule has 0 fully saturated rings. The van der Waals surface area contributed by atoms with Crippen molar-refractivity contribution in [2.75, 3.05) is 5.32 Å². The number of benzene rings is 1. The molecule has 2 rings (SSSR count). The number of hydrogen-bond donors (Lipinski definition) is 2. The molecule has 0 aliphatic heterocycles. The fraction of sp³-hybridized carbons (Fsp3) is 0.100. The number of aromatic nitrogens is 2. The van der Waals surface area contributed by atoms with Crippen LogP contribution in [0.3, 0.4) is 0 Å². The van der Waals surface area contributed by atoms with Gasteiger partial charge in [-0.15, -0.1) is 0 Å². The van der Waals surface area contributed by atoms with E-state index in [0.717, 1.165) is 15.9 Å². The van der Waals surface area contributed by atoms with Crippen LogP contribution < -0.4 is 5.32 Å². The van der Waals surface area contributed by atoms with Crippen LogP contribution >= 0.6 is 27.5 Å². The molecule has 2 aromatic rings. The number of nitrogens with one attached hydrogen (secondary N) is 2. The lowest BCUT2D eigenvalue weighted by Gasteiger charge is -2.05. The Hall–Kier alpha value is -1.00. The second kappa shape index (κ2) is 4.68. The van der Waals surface area contributed by atoms with Crippen molar-refractivity contribution in [2.24, 2.45) is 0 Å². The molecule has 0 bridgehead atoms. The van der Waals surface area contributed by atoms with Gasteiger partial charge in [-0.1, -0.05) is 11.6 Å². The molecule has 78 valence electrons. The molecule has 3 nitrogen and oxygen atoms in total. The van der Waals surface area contributed by atoms with Gasteiger partial charge in [0.25, 0.3) is 0 Å². The summed E-state index contributed by atoms with van der Waals surface area (Å²) in [7, 11) is 0. The second-order valence-corrected chi connectivity index (χ2v) is 4.32. The molecule has 0 spiro atoms. The first kappa shape index (κ1) is 10.5. The highest BCUT2D eigenvalue weighted by Gasteiger charge is 1.99. The van der Waals surface area contributed by atoms with Crippen molar-refractivity contribution >= 4 is 33.2 Å². The van der Waals surface area contributed by atoms with Gasteiger partial charge in [0, 0.05) is 16.4 Å². The topological polar surface area (TPSA) is 40.7 Å². The summed E-state index contributed by atoms with van der Waals surface area (Å²) in [6.07, 6.45) is 3.45. The Balaban J connectivity index is 2.02. The standard InChI is InChI=1S/C10H9BrClN3/c11-9-3-7(1-2-10(9)12)14-5-8-4-13-6-15-8/h1-4,6,14H,5H2,(H,13,15). The molecule has 0 saturated carbocycles. The highest BCUT2D eigenvalue weighted by Crippen LogP contribution is 2.25. The van der Waals surface area contributed by atoms with Crippen LogP contribution in [-0.2, 0) is 6.54 Å².